The van der Waals surface area contributed by atoms with Gasteiger partial charge in [0.05, 0.1) is 0 Å². The van der Waals surface area contributed by atoms with E-state index in [1.54, 1.807) is 0 Å². The number of carboxylic acid groups (broad SMARTS) is 1. The van der Waals surface area contributed by atoms with Crippen LogP contribution in [0.3, 0.4) is 0 Å². The summed E-state index contributed by atoms with van der Waals surface area (Å²) in [5, 5.41) is 8.37. The summed E-state index contributed by atoms with van der Waals surface area (Å²) in [5.41, 5.74) is 0. The van der Waals surface area contributed by atoms with Crippen molar-refractivity contribution in [3.8, 4) is 0 Å². The molecule has 0 aliphatic carbocycles. The van der Waals surface area contributed by atoms with Gasteiger partial charge in [-0.15, -0.1) is 0 Å². The fraction of sp³-hybridized carbons (Fsp3) is 0.900. The maximum absolute atomic E-state index is 12.0. The Bertz CT molecular complexity index is 153. The van der Waals surface area contributed by atoms with E-state index in [0.29, 0.717) is 0 Å². The molecule has 0 saturated heterocycles. The second-order valence-electron chi connectivity index (χ2n) is 3.45. The van der Waals surface area contributed by atoms with Gasteiger partial charge in [-0.1, -0.05) is 41.6 Å². The van der Waals surface area contributed by atoms with Crippen molar-refractivity contribution in [3.05, 3.63) is 0 Å². The maximum atomic E-state index is 12.0. The van der Waals surface area contributed by atoms with E-state index in [9.17, 15) is 9.18 Å². The minimum Gasteiger partial charge on any atom is -0.481 e. The number of carbonyl (C=O) groups is 1. The fourth-order valence-electron chi connectivity index (χ4n) is 1.25. The minimum absolute atomic E-state index is 0.00141. The average Bonchev–Trinajstić information content (AvgIpc) is 2.15. The van der Waals surface area contributed by atoms with Crippen molar-refractivity contribution in [3.63, 3.8) is 0 Å². The molecule has 0 aliphatic rings. The van der Waals surface area contributed by atoms with E-state index in [1.807, 2.05) is 0 Å². The number of carboxylic acids is 1. The number of alkyl halides is 2. The molecule has 0 saturated carbocycles. The van der Waals surface area contributed by atoms with Gasteiger partial charge in [-0.2, -0.15) is 0 Å². The van der Waals surface area contributed by atoms with Gasteiger partial charge in [-0.25, -0.2) is 4.39 Å². The Hall–Kier alpha value is -0.120. The zero-order valence-corrected chi connectivity index (χ0v) is 9.93. The molecule has 1 N–H and O–H groups in total. The number of halogens is 2. The molecule has 1 atom stereocenters. The molecule has 0 fully saturated rings. The van der Waals surface area contributed by atoms with Gasteiger partial charge in [0.15, 0.2) is 0 Å². The number of hydrogen-bond acceptors (Lipinski definition) is 1. The SMILES string of the molecule is O=C(O)CCCCCCCC(Br)CF. The van der Waals surface area contributed by atoms with Crippen LogP contribution in [0.2, 0.25) is 0 Å². The Morgan fingerprint density at radius 1 is 1.21 bits per heavy atom. The summed E-state index contributed by atoms with van der Waals surface area (Å²) in [6, 6.07) is 0. The van der Waals surface area contributed by atoms with E-state index in [2.05, 4.69) is 15.9 Å². The highest BCUT2D eigenvalue weighted by Crippen LogP contribution is 2.13. The van der Waals surface area contributed by atoms with Crippen LogP contribution in [0.15, 0.2) is 0 Å². The topological polar surface area (TPSA) is 37.3 Å². The highest BCUT2D eigenvalue weighted by molar-refractivity contribution is 9.09. The molecular weight excluding hydrogens is 251 g/mol. The Morgan fingerprint density at radius 3 is 2.36 bits per heavy atom. The van der Waals surface area contributed by atoms with Crippen LogP contribution < -0.4 is 0 Å². The molecule has 4 heteroatoms. The van der Waals surface area contributed by atoms with Crippen molar-refractivity contribution in [1.82, 2.24) is 0 Å². The quantitative estimate of drug-likeness (QED) is 0.513. The Kier molecular flexibility index (Phi) is 9.35. The van der Waals surface area contributed by atoms with Crippen LogP contribution in [0.5, 0.6) is 0 Å². The van der Waals surface area contributed by atoms with E-state index in [4.69, 9.17) is 5.11 Å². The number of rotatable bonds is 9. The Morgan fingerprint density at radius 2 is 1.79 bits per heavy atom. The van der Waals surface area contributed by atoms with Crippen LogP contribution in [0.1, 0.15) is 44.9 Å². The zero-order valence-electron chi connectivity index (χ0n) is 8.35. The van der Waals surface area contributed by atoms with Crippen LogP contribution in [-0.2, 0) is 4.79 Å². The standard InChI is InChI=1S/C10H18BrFO2/c11-9(8-12)6-4-2-1-3-5-7-10(13)14/h9H,1-8H2,(H,13,14). The second-order valence-corrected chi connectivity index (χ2v) is 4.75. The summed E-state index contributed by atoms with van der Waals surface area (Å²) in [4.78, 5) is 10.2. The molecule has 1 unspecified atom stereocenters. The van der Waals surface area contributed by atoms with E-state index in [-0.39, 0.29) is 17.9 Å². The first-order chi connectivity index (χ1) is 6.66. The maximum Gasteiger partial charge on any atom is 0.303 e. The third kappa shape index (κ3) is 9.96. The molecule has 0 aliphatic heterocycles. The second kappa shape index (κ2) is 9.44. The van der Waals surface area contributed by atoms with Crippen molar-refractivity contribution in [2.75, 3.05) is 6.67 Å². The third-order valence-corrected chi connectivity index (χ3v) is 2.78. The highest BCUT2D eigenvalue weighted by Gasteiger charge is 2.02. The molecule has 14 heavy (non-hydrogen) atoms. The Balaban J connectivity index is 3.02. The van der Waals surface area contributed by atoms with Gasteiger partial charge in [-0.05, 0) is 12.8 Å². The van der Waals surface area contributed by atoms with Crippen LogP contribution in [-0.4, -0.2) is 22.6 Å². The molecule has 0 spiro atoms. The first-order valence-electron chi connectivity index (χ1n) is 5.08. The average molecular weight is 269 g/mol. The van der Waals surface area contributed by atoms with Crippen molar-refractivity contribution in [2.45, 2.75) is 49.8 Å². The summed E-state index contributed by atoms with van der Waals surface area (Å²) < 4.78 is 12.0. The lowest BCUT2D eigenvalue weighted by molar-refractivity contribution is -0.137. The molecule has 2 nitrogen and oxygen atoms in total. The number of unbranched alkanes of at least 4 members (excludes halogenated alkanes) is 4. The minimum atomic E-state index is -0.719. The molecule has 0 bridgehead atoms. The number of aliphatic carboxylic acids is 1. The predicted octanol–water partition coefficient (Wildman–Crippen LogP) is 3.53. The lowest BCUT2D eigenvalue weighted by atomic mass is 10.1. The van der Waals surface area contributed by atoms with E-state index in [0.717, 1.165) is 38.5 Å². The first kappa shape index (κ1) is 13.9. The molecule has 0 heterocycles. The van der Waals surface area contributed by atoms with Gasteiger partial charge in [0.25, 0.3) is 0 Å². The largest absolute Gasteiger partial charge is 0.481 e. The summed E-state index contributed by atoms with van der Waals surface area (Å²) in [6.07, 6.45) is 6.01. The molecule has 0 radical (unpaired) electrons. The summed E-state index contributed by atoms with van der Waals surface area (Å²) in [6.45, 7) is -0.307. The van der Waals surface area contributed by atoms with Crippen LogP contribution in [0.25, 0.3) is 0 Å². The van der Waals surface area contributed by atoms with E-state index < -0.39 is 5.97 Å². The van der Waals surface area contributed by atoms with Crippen molar-refractivity contribution in [1.29, 1.82) is 0 Å². The predicted molar refractivity (Wildman–Crippen MR) is 58.6 cm³/mol. The molecule has 0 aromatic rings. The van der Waals surface area contributed by atoms with Gasteiger partial charge in [0.2, 0.25) is 0 Å². The molecule has 0 aromatic carbocycles. The molecule has 0 aromatic heterocycles. The lowest BCUT2D eigenvalue weighted by Gasteiger charge is -2.03. The molecular formula is C10H18BrFO2. The van der Waals surface area contributed by atoms with Gasteiger partial charge in [-0.3, -0.25) is 4.79 Å². The van der Waals surface area contributed by atoms with Crippen LogP contribution >= 0.6 is 15.9 Å². The molecule has 0 rings (SSSR count). The summed E-state index contributed by atoms with van der Waals surface area (Å²) in [7, 11) is 0. The highest BCUT2D eigenvalue weighted by atomic mass is 79.9. The van der Waals surface area contributed by atoms with Gasteiger partial charge in [0, 0.05) is 11.2 Å². The summed E-state index contributed by atoms with van der Waals surface area (Å²) in [5.74, 6) is -0.719. The van der Waals surface area contributed by atoms with Crippen LogP contribution in [0.4, 0.5) is 4.39 Å². The van der Waals surface area contributed by atoms with Gasteiger partial charge < -0.3 is 5.11 Å². The van der Waals surface area contributed by atoms with E-state index in [1.165, 1.54) is 0 Å². The third-order valence-electron chi connectivity index (χ3n) is 2.08. The van der Waals surface area contributed by atoms with Gasteiger partial charge >= 0.3 is 5.97 Å². The van der Waals surface area contributed by atoms with Crippen molar-refractivity contribution in [2.24, 2.45) is 0 Å². The smallest absolute Gasteiger partial charge is 0.303 e. The van der Waals surface area contributed by atoms with Crippen LogP contribution in [0, 0.1) is 0 Å². The Labute approximate surface area is 93.0 Å². The van der Waals surface area contributed by atoms with Crippen molar-refractivity contribution < 1.29 is 14.3 Å². The molecule has 0 amide bonds. The fourth-order valence-corrected chi connectivity index (χ4v) is 1.57. The molecule has 84 valence electrons. The van der Waals surface area contributed by atoms with Gasteiger partial charge in [0.1, 0.15) is 6.67 Å². The monoisotopic (exact) mass is 268 g/mol. The lowest BCUT2D eigenvalue weighted by Crippen LogP contribution is -1.99. The first-order valence-corrected chi connectivity index (χ1v) is 6.00. The zero-order chi connectivity index (χ0) is 10.8. The normalized spacial score (nSPS) is 12.7. The number of hydrogen-bond donors (Lipinski definition) is 1. The van der Waals surface area contributed by atoms with Crippen molar-refractivity contribution >= 4 is 21.9 Å². The van der Waals surface area contributed by atoms with E-state index >= 15 is 0 Å². The summed E-state index contributed by atoms with van der Waals surface area (Å²) >= 11 is 3.23.